The lowest BCUT2D eigenvalue weighted by Crippen LogP contribution is -2.04. The van der Waals surface area contributed by atoms with Crippen LogP contribution in [0, 0.1) is 0 Å². The number of halogens is 1. The molecule has 0 spiro atoms. The van der Waals surface area contributed by atoms with Crippen molar-refractivity contribution in [3.8, 4) is 0 Å². The van der Waals surface area contributed by atoms with Crippen LogP contribution in [0.5, 0.6) is 0 Å². The molecule has 2 aromatic rings. The van der Waals surface area contributed by atoms with Gasteiger partial charge in [0.2, 0.25) is 0 Å². The zero-order valence-electron chi connectivity index (χ0n) is 8.44. The smallest absolute Gasteiger partial charge is 0.0715 e. The third-order valence-corrected chi connectivity index (χ3v) is 2.80. The van der Waals surface area contributed by atoms with Crippen LogP contribution in [0.15, 0.2) is 34.9 Å². The Kier molecular flexibility index (Phi) is 3.03. The normalized spacial score (nSPS) is 13.0. The molecule has 1 aromatic heterocycles. The largest absolute Gasteiger partial charge is 0.393 e. The highest BCUT2D eigenvalue weighted by atomic mass is 79.9. The molecule has 78 valence electrons. The quantitative estimate of drug-likeness (QED) is 0.906. The van der Waals surface area contributed by atoms with E-state index in [2.05, 4.69) is 20.9 Å². The van der Waals surface area contributed by atoms with Gasteiger partial charge in [-0.15, -0.1) is 0 Å². The summed E-state index contributed by atoms with van der Waals surface area (Å²) in [4.78, 5) is 4.30. The van der Waals surface area contributed by atoms with E-state index < -0.39 is 0 Å². The Morgan fingerprint density at radius 1 is 1.40 bits per heavy atom. The number of aliphatic hydroxyl groups is 1. The molecular weight excluding hydrogens is 254 g/mol. The summed E-state index contributed by atoms with van der Waals surface area (Å²) in [6, 6.07) is 7.98. The first-order valence-electron chi connectivity index (χ1n) is 4.88. The van der Waals surface area contributed by atoms with Gasteiger partial charge in [-0.2, -0.15) is 0 Å². The van der Waals surface area contributed by atoms with E-state index in [-0.39, 0.29) is 6.10 Å². The van der Waals surface area contributed by atoms with Crippen LogP contribution in [0.1, 0.15) is 12.5 Å². The molecule has 1 atom stereocenters. The Morgan fingerprint density at radius 3 is 2.93 bits per heavy atom. The molecule has 2 rings (SSSR count). The van der Waals surface area contributed by atoms with Crippen molar-refractivity contribution in [2.45, 2.75) is 19.4 Å². The molecule has 0 saturated carbocycles. The second kappa shape index (κ2) is 4.29. The van der Waals surface area contributed by atoms with Gasteiger partial charge in [0.1, 0.15) is 0 Å². The summed E-state index contributed by atoms with van der Waals surface area (Å²) in [5.41, 5.74) is 2.10. The number of aliphatic hydroxyl groups excluding tert-OH is 1. The Bertz CT molecular complexity index is 482. The van der Waals surface area contributed by atoms with Gasteiger partial charge < -0.3 is 5.11 Å². The maximum Gasteiger partial charge on any atom is 0.0715 e. The maximum atomic E-state index is 9.39. The number of rotatable bonds is 2. The lowest BCUT2D eigenvalue weighted by molar-refractivity contribution is 0.196. The topological polar surface area (TPSA) is 33.1 Å². The second-order valence-electron chi connectivity index (χ2n) is 3.68. The van der Waals surface area contributed by atoms with Crippen molar-refractivity contribution in [3.63, 3.8) is 0 Å². The second-order valence-corrected chi connectivity index (χ2v) is 4.60. The van der Waals surface area contributed by atoms with Gasteiger partial charge in [-0.25, -0.2) is 0 Å². The summed E-state index contributed by atoms with van der Waals surface area (Å²) in [6.07, 6.45) is 2.13. The van der Waals surface area contributed by atoms with Crippen molar-refractivity contribution < 1.29 is 5.11 Å². The fraction of sp³-hybridized carbons (Fsp3) is 0.250. The summed E-state index contributed by atoms with van der Waals surface area (Å²) in [6.45, 7) is 1.80. The van der Waals surface area contributed by atoms with Crippen molar-refractivity contribution in [1.29, 1.82) is 0 Å². The van der Waals surface area contributed by atoms with E-state index in [1.54, 1.807) is 13.1 Å². The van der Waals surface area contributed by atoms with E-state index in [1.807, 2.05) is 24.3 Å². The van der Waals surface area contributed by atoms with E-state index in [4.69, 9.17) is 0 Å². The Balaban J connectivity index is 2.56. The third-order valence-electron chi connectivity index (χ3n) is 2.31. The summed E-state index contributed by atoms with van der Waals surface area (Å²) >= 11 is 3.42. The minimum Gasteiger partial charge on any atom is -0.393 e. The molecule has 3 heteroatoms. The highest BCUT2D eigenvalue weighted by Crippen LogP contribution is 2.21. The molecule has 0 bridgehead atoms. The van der Waals surface area contributed by atoms with Gasteiger partial charge in [0.15, 0.2) is 0 Å². The van der Waals surface area contributed by atoms with Crippen LogP contribution >= 0.6 is 15.9 Å². The number of pyridine rings is 1. The van der Waals surface area contributed by atoms with Crippen LogP contribution in [-0.4, -0.2) is 16.2 Å². The summed E-state index contributed by atoms with van der Waals surface area (Å²) in [7, 11) is 0. The number of nitrogens with zero attached hydrogens (tertiary/aromatic N) is 1. The SMILES string of the molecule is CC(O)Cc1ccnc2cc(Br)ccc12. The number of benzene rings is 1. The summed E-state index contributed by atoms with van der Waals surface area (Å²) < 4.78 is 1.02. The number of aromatic nitrogens is 1. The average Bonchev–Trinajstić information content (AvgIpc) is 2.16. The maximum absolute atomic E-state index is 9.39. The molecule has 1 unspecified atom stereocenters. The molecule has 1 aromatic carbocycles. The lowest BCUT2D eigenvalue weighted by atomic mass is 10.0. The summed E-state index contributed by atoms with van der Waals surface area (Å²) in [5, 5.41) is 10.5. The van der Waals surface area contributed by atoms with Crippen LogP contribution in [0.3, 0.4) is 0 Å². The van der Waals surface area contributed by atoms with Crippen LogP contribution < -0.4 is 0 Å². The average molecular weight is 266 g/mol. The third kappa shape index (κ3) is 2.36. The molecule has 0 saturated heterocycles. The van der Waals surface area contributed by atoms with Gasteiger partial charge in [-0.05, 0) is 37.1 Å². The molecule has 0 radical (unpaired) electrons. The predicted molar refractivity (Wildman–Crippen MR) is 64.8 cm³/mol. The summed E-state index contributed by atoms with van der Waals surface area (Å²) in [5.74, 6) is 0. The minimum absolute atomic E-state index is 0.320. The fourth-order valence-electron chi connectivity index (χ4n) is 1.68. The van der Waals surface area contributed by atoms with E-state index in [0.717, 1.165) is 20.9 Å². The van der Waals surface area contributed by atoms with Gasteiger partial charge in [-0.1, -0.05) is 22.0 Å². The van der Waals surface area contributed by atoms with E-state index in [1.165, 1.54) is 0 Å². The van der Waals surface area contributed by atoms with E-state index in [9.17, 15) is 5.11 Å². The van der Waals surface area contributed by atoms with Gasteiger partial charge in [-0.3, -0.25) is 4.98 Å². The highest BCUT2D eigenvalue weighted by molar-refractivity contribution is 9.10. The Morgan fingerprint density at radius 2 is 2.20 bits per heavy atom. The first-order chi connectivity index (χ1) is 7.16. The van der Waals surface area contributed by atoms with Crippen molar-refractivity contribution in [2.75, 3.05) is 0 Å². The monoisotopic (exact) mass is 265 g/mol. The number of fused-ring (bicyclic) bond motifs is 1. The van der Waals surface area contributed by atoms with Crippen molar-refractivity contribution in [1.82, 2.24) is 4.98 Å². The molecular formula is C12H12BrNO. The standard InChI is InChI=1S/C12H12BrNO/c1-8(15)6-9-4-5-14-12-7-10(13)2-3-11(9)12/h2-5,7-8,15H,6H2,1H3. The molecule has 0 aliphatic carbocycles. The van der Waals surface area contributed by atoms with Crippen molar-refractivity contribution in [3.05, 3.63) is 40.5 Å². The molecule has 0 amide bonds. The molecule has 1 N–H and O–H groups in total. The molecule has 15 heavy (non-hydrogen) atoms. The molecule has 2 nitrogen and oxygen atoms in total. The minimum atomic E-state index is -0.320. The van der Waals surface area contributed by atoms with Crippen LogP contribution in [0.2, 0.25) is 0 Å². The van der Waals surface area contributed by atoms with Crippen molar-refractivity contribution >= 4 is 26.8 Å². The highest BCUT2D eigenvalue weighted by Gasteiger charge is 2.04. The first-order valence-corrected chi connectivity index (χ1v) is 5.67. The Hall–Kier alpha value is -0.930. The number of hydrogen-bond donors (Lipinski definition) is 1. The van der Waals surface area contributed by atoms with Crippen LogP contribution in [-0.2, 0) is 6.42 Å². The molecule has 0 fully saturated rings. The predicted octanol–water partition coefficient (Wildman–Crippen LogP) is 2.92. The zero-order chi connectivity index (χ0) is 10.8. The van der Waals surface area contributed by atoms with E-state index in [0.29, 0.717) is 6.42 Å². The molecule has 1 heterocycles. The lowest BCUT2D eigenvalue weighted by Gasteiger charge is -2.07. The molecule has 0 aliphatic heterocycles. The van der Waals surface area contributed by atoms with Gasteiger partial charge in [0.05, 0.1) is 11.6 Å². The van der Waals surface area contributed by atoms with Crippen molar-refractivity contribution in [2.24, 2.45) is 0 Å². The van der Waals surface area contributed by atoms with Gasteiger partial charge >= 0.3 is 0 Å². The van der Waals surface area contributed by atoms with Crippen LogP contribution in [0.25, 0.3) is 10.9 Å². The van der Waals surface area contributed by atoms with Gasteiger partial charge in [0, 0.05) is 16.1 Å². The van der Waals surface area contributed by atoms with Gasteiger partial charge in [0.25, 0.3) is 0 Å². The Labute approximate surface area is 97.1 Å². The van der Waals surface area contributed by atoms with Crippen LogP contribution in [0.4, 0.5) is 0 Å². The van der Waals surface area contributed by atoms with E-state index >= 15 is 0 Å². The number of hydrogen-bond acceptors (Lipinski definition) is 2. The molecule has 0 aliphatic rings. The first kappa shape index (κ1) is 10.6. The zero-order valence-corrected chi connectivity index (χ0v) is 10.0. The fourth-order valence-corrected chi connectivity index (χ4v) is 2.03.